The Morgan fingerprint density at radius 1 is 1.00 bits per heavy atom. The molecule has 0 unspecified atom stereocenters. The van der Waals surface area contributed by atoms with Gasteiger partial charge in [0.1, 0.15) is 5.69 Å². The number of hydrogen-bond donors (Lipinski definition) is 2. The van der Waals surface area contributed by atoms with Gasteiger partial charge in [0.15, 0.2) is 23.3 Å². The van der Waals surface area contributed by atoms with Crippen molar-refractivity contribution in [3.8, 4) is 11.3 Å². The lowest BCUT2D eigenvalue weighted by molar-refractivity contribution is 0.102. The zero-order chi connectivity index (χ0) is 25.6. The summed E-state index contributed by atoms with van der Waals surface area (Å²) in [6.07, 6.45) is 0. The number of amides is 1. The van der Waals surface area contributed by atoms with Gasteiger partial charge < -0.3 is 5.32 Å². The average molecular weight is 530 g/mol. The van der Waals surface area contributed by atoms with E-state index in [0.717, 1.165) is 4.68 Å². The molecule has 2 N–H and O–H groups in total. The fourth-order valence-electron chi connectivity index (χ4n) is 3.42. The lowest BCUT2D eigenvalue weighted by Gasteiger charge is -2.10. The Bertz CT molecular complexity index is 1450. The molecule has 0 bridgehead atoms. The molecule has 0 spiro atoms. The van der Waals surface area contributed by atoms with Crippen molar-refractivity contribution in [2.75, 3.05) is 5.32 Å². The third-order valence-corrected chi connectivity index (χ3v) is 5.81. The van der Waals surface area contributed by atoms with Crippen LogP contribution in [0, 0.1) is 42.9 Å². The van der Waals surface area contributed by atoms with Crippen LogP contribution in [-0.2, 0) is 6.54 Å². The summed E-state index contributed by atoms with van der Waals surface area (Å²) in [5.74, 6) is -10.9. The standard InChI is InChI=1S/C22H14Cl2F5N5O/c1-8-21(9(2)34(33-8)7-12-16(25)18(27)20(29)19(28)17(12)26)30-22(35)15-6-14(31-32-15)11-4-3-10(23)5-13(11)24/h3-6H,7H2,1-2H3,(H,30,35)(H,31,32). The van der Waals surface area contributed by atoms with Gasteiger partial charge in [0, 0.05) is 10.6 Å². The summed E-state index contributed by atoms with van der Waals surface area (Å²) in [4.78, 5) is 12.8. The van der Waals surface area contributed by atoms with Crippen molar-refractivity contribution in [1.29, 1.82) is 0 Å². The van der Waals surface area contributed by atoms with Gasteiger partial charge in [0.05, 0.1) is 39.9 Å². The molecular formula is C22H14Cl2F5N5O. The van der Waals surface area contributed by atoms with E-state index in [-0.39, 0.29) is 22.8 Å². The van der Waals surface area contributed by atoms with Crippen molar-refractivity contribution in [3.05, 3.63) is 86.0 Å². The van der Waals surface area contributed by atoms with Crippen LogP contribution in [0.5, 0.6) is 0 Å². The lowest BCUT2D eigenvalue weighted by atomic mass is 10.1. The van der Waals surface area contributed by atoms with Gasteiger partial charge in [-0.05, 0) is 38.1 Å². The van der Waals surface area contributed by atoms with Gasteiger partial charge in [0.2, 0.25) is 5.82 Å². The highest BCUT2D eigenvalue weighted by atomic mass is 35.5. The Balaban J connectivity index is 1.59. The second-order valence-corrected chi connectivity index (χ2v) is 8.34. The highest BCUT2D eigenvalue weighted by molar-refractivity contribution is 6.36. The number of aromatic amines is 1. The summed E-state index contributed by atoms with van der Waals surface area (Å²) in [7, 11) is 0. The Kier molecular flexibility index (Phi) is 6.56. The van der Waals surface area contributed by atoms with Crippen molar-refractivity contribution in [2.24, 2.45) is 0 Å². The van der Waals surface area contributed by atoms with E-state index in [1.165, 1.54) is 26.0 Å². The zero-order valence-electron chi connectivity index (χ0n) is 17.9. The zero-order valence-corrected chi connectivity index (χ0v) is 19.4. The van der Waals surface area contributed by atoms with E-state index in [1.807, 2.05) is 0 Å². The third-order valence-electron chi connectivity index (χ3n) is 5.26. The van der Waals surface area contributed by atoms with Gasteiger partial charge in [-0.15, -0.1) is 0 Å². The molecule has 13 heteroatoms. The molecule has 6 nitrogen and oxygen atoms in total. The molecule has 0 aliphatic heterocycles. The molecule has 0 atom stereocenters. The predicted octanol–water partition coefficient (Wildman–Crippen LogP) is 6.19. The molecule has 1 amide bonds. The molecule has 2 heterocycles. The number of carbonyl (C=O) groups excluding carboxylic acids is 1. The van der Waals surface area contributed by atoms with Crippen LogP contribution in [0.1, 0.15) is 27.4 Å². The highest BCUT2D eigenvalue weighted by Crippen LogP contribution is 2.30. The lowest BCUT2D eigenvalue weighted by Crippen LogP contribution is -2.15. The van der Waals surface area contributed by atoms with Gasteiger partial charge in [0.25, 0.3) is 5.91 Å². The molecule has 35 heavy (non-hydrogen) atoms. The van der Waals surface area contributed by atoms with Crippen LogP contribution < -0.4 is 5.32 Å². The first kappa shape index (κ1) is 24.7. The Labute approximate surface area is 204 Å². The van der Waals surface area contributed by atoms with Gasteiger partial charge >= 0.3 is 0 Å². The smallest absolute Gasteiger partial charge is 0.273 e. The monoisotopic (exact) mass is 529 g/mol. The van der Waals surface area contributed by atoms with E-state index in [0.29, 0.717) is 21.3 Å². The number of aromatic nitrogens is 4. The molecule has 182 valence electrons. The highest BCUT2D eigenvalue weighted by Gasteiger charge is 2.27. The van der Waals surface area contributed by atoms with Gasteiger partial charge in [-0.1, -0.05) is 23.2 Å². The molecule has 0 radical (unpaired) electrons. The van der Waals surface area contributed by atoms with Crippen LogP contribution in [-0.4, -0.2) is 25.9 Å². The van der Waals surface area contributed by atoms with Crippen molar-refractivity contribution in [1.82, 2.24) is 20.0 Å². The first-order valence-electron chi connectivity index (χ1n) is 9.86. The number of H-pyrrole nitrogens is 1. The summed E-state index contributed by atoms with van der Waals surface area (Å²) >= 11 is 12.1. The van der Waals surface area contributed by atoms with Gasteiger partial charge in [-0.3, -0.25) is 14.6 Å². The second kappa shape index (κ2) is 9.31. The number of rotatable bonds is 5. The first-order valence-corrected chi connectivity index (χ1v) is 10.6. The molecular weight excluding hydrogens is 516 g/mol. The van der Waals surface area contributed by atoms with E-state index < -0.39 is 47.1 Å². The first-order chi connectivity index (χ1) is 16.5. The third kappa shape index (κ3) is 4.48. The summed E-state index contributed by atoms with van der Waals surface area (Å²) in [5, 5.41) is 14.1. The Hall–Kier alpha value is -3.44. The topological polar surface area (TPSA) is 75.6 Å². The number of nitrogens with zero attached hydrogens (tertiary/aromatic N) is 3. The number of hydrogen-bond acceptors (Lipinski definition) is 3. The molecule has 0 fully saturated rings. The molecule has 0 aliphatic carbocycles. The fraction of sp³-hybridized carbons (Fsp3) is 0.136. The number of anilines is 1. The van der Waals surface area contributed by atoms with Crippen LogP contribution in [0.4, 0.5) is 27.6 Å². The van der Waals surface area contributed by atoms with Crippen LogP contribution in [0.2, 0.25) is 10.0 Å². The Morgan fingerprint density at radius 2 is 1.63 bits per heavy atom. The maximum atomic E-state index is 14.1. The summed E-state index contributed by atoms with van der Waals surface area (Å²) in [5.41, 5.74) is 0.599. The second-order valence-electron chi connectivity index (χ2n) is 7.50. The number of aryl methyl sites for hydroxylation is 1. The quantitative estimate of drug-likeness (QED) is 0.184. The van der Waals surface area contributed by atoms with E-state index >= 15 is 0 Å². The van der Waals surface area contributed by atoms with Crippen molar-refractivity contribution in [2.45, 2.75) is 20.4 Å². The van der Waals surface area contributed by atoms with Gasteiger partial charge in [-0.2, -0.15) is 10.2 Å². The summed E-state index contributed by atoms with van der Waals surface area (Å²) in [6, 6.07) is 6.23. The van der Waals surface area contributed by atoms with Gasteiger partial charge in [-0.25, -0.2) is 22.0 Å². The average Bonchev–Trinajstić information content (AvgIpc) is 3.40. The number of nitrogens with one attached hydrogen (secondary N) is 2. The molecule has 4 aromatic rings. The van der Waals surface area contributed by atoms with E-state index in [2.05, 4.69) is 20.6 Å². The maximum Gasteiger partial charge on any atom is 0.273 e. The fourth-order valence-corrected chi connectivity index (χ4v) is 3.93. The van der Waals surface area contributed by atoms with E-state index in [9.17, 15) is 26.7 Å². The molecule has 0 saturated heterocycles. The van der Waals surface area contributed by atoms with E-state index in [4.69, 9.17) is 23.2 Å². The van der Waals surface area contributed by atoms with Crippen LogP contribution >= 0.6 is 23.2 Å². The van der Waals surface area contributed by atoms with Crippen LogP contribution in [0.25, 0.3) is 11.3 Å². The Morgan fingerprint density at radius 3 is 2.26 bits per heavy atom. The molecule has 0 saturated carbocycles. The number of halogens is 7. The SMILES string of the molecule is Cc1nn(Cc2c(F)c(F)c(F)c(F)c2F)c(C)c1NC(=O)c1cc(-c2ccc(Cl)cc2Cl)n[nH]1. The summed E-state index contributed by atoms with van der Waals surface area (Å²) < 4.78 is 69.6. The molecule has 2 aromatic carbocycles. The minimum Gasteiger partial charge on any atom is -0.318 e. The minimum absolute atomic E-state index is 0.0670. The molecule has 0 aliphatic rings. The largest absolute Gasteiger partial charge is 0.318 e. The minimum atomic E-state index is -2.25. The molecule has 2 aromatic heterocycles. The van der Waals surface area contributed by atoms with Crippen LogP contribution in [0.3, 0.4) is 0 Å². The van der Waals surface area contributed by atoms with E-state index in [1.54, 1.807) is 12.1 Å². The van der Waals surface area contributed by atoms with Crippen LogP contribution in [0.15, 0.2) is 24.3 Å². The van der Waals surface area contributed by atoms with Crippen molar-refractivity contribution >= 4 is 34.8 Å². The summed E-state index contributed by atoms with van der Waals surface area (Å²) in [6.45, 7) is 2.22. The number of carbonyl (C=O) groups is 1. The maximum absolute atomic E-state index is 14.1. The van der Waals surface area contributed by atoms with Crippen molar-refractivity contribution < 1.29 is 26.7 Å². The number of benzene rings is 2. The van der Waals surface area contributed by atoms with Crippen molar-refractivity contribution in [3.63, 3.8) is 0 Å². The predicted molar refractivity (Wildman–Crippen MR) is 119 cm³/mol. The molecule has 4 rings (SSSR count). The normalized spacial score (nSPS) is 11.2.